The van der Waals surface area contributed by atoms with Crippen molar-refractivity contribution >= 4 is 17.7 Å². The summed E-state index contributed by atoms with van der Waals surface area (Å²) in [5.41, 5.74) is 1.45. The van der Waals surface area contributed by atoms with E-state index in [-0.39, 0.29) is 24.5 Å². The fraction of sp³-hybridized carbons (Fsp3) is 0.286. The van der Waals surface area contributed by atoms with E-state index in [9.17, 15) is 9.59 Å². The third kappa shape index (κ3) is 3.36. The standard InChI is InChI=1S/C21H21N3O3/c1-15-21(13-12-19(25)27-2,17-6-4-3-5-7-17)23-20(26)24(15)18-10-8-16(14-22)9-11-18/h3-11,15H,12-13H2,1-2H3,(H,23,26). The van der Waals surface area contributed by atoms with E-state index >= 15 is 0 Å². The van der Waals surface area contributed by atoms with Gasteiger partial charge < -0.3 is 10.1 Å². The Hall–Kier alpha value is -3.33. The van der Waals surface area contributed by atoms with E-state index in [0.29, 0.717) is 17.7 Å². The van der Waals surface area contributed by atoms with Crippen molar-refractivity contribution in [3.8, 4) is 6.07 Å². The molecule has 6 nitrogen and oxygen atoms in total. The number of amides is 2. The lowest BCUT2D eigenvalue weighted by atomic mass is 9.80. The Balaban J connectivity index is 1.99. The van der Waals surface area contributed by atoms with Crippen LogP contribution in [0.2, 0.25) is 0 Å². The van der Waals surface area contributed by atoms with Gasteiger partial charge in [0.2, 0.25) is 0 Å². The first kappa shape index (κ1) is 18.5. The van der Waals surface area contributed by atoms with Crippen molar-refractivity contribution in [2.24, 2.45) is 0 Å². The molecule has 0 radical (unpaired) electrons. The summed E-state index contributed by atoms with van der Waals surface area (Å²) in [6.07, 6.45) is 0.612. The van der Waals surface area contributed by atoms with Crippen molar-refractivity contribution in [1.82, 2.24) is 5.32 Å². The van der Waals surface area contributed by atoms with Gasteiger partial charge in [-0.3, -0.25) is 9.69 Å². The van der Waals surface area contributed by atoms with E-state index in [4.69, 9.17) is 10.00 Å². The van der Waals surface area contributed by atoms with E-state index in [1.54, 1.807) is 29.2 Å². The lowest BCUT2D eigenvalue weighted by Crippen LogP contribution is -2.46. The maximum absolute atomic E-state index is 12.9. The number of nitrogens with one attached hydrogen (secondary N) is 1. The number of anilines is 1. The maximum atomic E-state index is 12.9. The van der Waals surface area contributed by atoms with Gasteiger partial charge in [0, 0.05) is 12.1 Å². The molecule has 0 saturated carbocycles. The molecule has 6 heteroatoms. The van der Waals surface area contributed by atoms with Crippen LogP contribution in [0.1, 0.15) is 30.9 Å². The number of nitriles is 1. The van der Waals surface area contributed by atoms with Crippen molar-refractivity contribution in [1.29, 1.82) is 5.26 Å². The number of hydrogen-bond acceptors (Lipinski definition) is 4. The molecule has 2 unspecified atom stereocenters. The van der Waals surface area contributed by atoms with Crippen LogP contribution < -0.4 is 10.2 Å². The second kappa shape index (κ2) is 7.50. The summed E-state index contributed by atoms with van der Waals surface area (Å²) in [6.45, 7) is 1.96. The second-order valence-electron chi connectivity index (χ2n) is 6.55. The van der Waals surface area contributed by atoms with Gasteiger partial charge in [0.05, 0.1) is 30.3 Å². The number of esters is 1. The van der Waals surface area contributed by atoms with Gasteiger partial charge in [-0.2, -0.15) is 5.26 Å². The molecule has 2 aromatic carbocycles. The average Bonchev–Trinajstić information content (AvgIpc) is 2.97. The van der Waals surface area contributed by atoms with Gasteiger partial charge in [0.15, 0.2) is 0 Å². The van der Waals surface area contributed by atoms with Gasteiger partial charge >= 0.3 is 12.0 Å². The number of rotatable bonds is 5. The lowest BCUT2D eigenvalue weighted by molar-refractivity contribution is -0.141. The van der Waals surface area contributed by atoms with Crippen LogP contribution in [-0.4, -0.2) is 25.2 Å². The average molecular weight is 363 g/mol. The molecule has 1 aliphatic heterocycles. The third-order valence-corrected chi connectivity index (χ3v) is 5.16. The zero-order chi connectivity index (χ0) is 19.4. The molecule has 1 N–H and O–H groups in total. The Bertz CT molecular complexity index is 874. The number of carbonyl (C=O) groups excluding carboxylic acids is 2. The molecular formula is C21H21N3O3. The zero-order valence-electron chi connectivity index (χ0n) is 15.3. The minimum atomic E-state index is -0.722. The molecule has 1 aliphatic rings. The normalized spacial score (nSPS) is 21.4. The largest absolute Gasteiger partial charge is 0.469 e. The number of benzene rings is 2. The SMILES string of the molecule is COC(=O)CCC1(c2ccccc2)NC(=O)N(c2ccc(C#N)cc2)C1C. The molecule has 27 heavy (non-hydrogen) atoms. The van der Waals surface area contributed by atoms with Gasteiger partial charge in [0.25, 0.3) is 0 Å². The molecule has 2 amide bonds. The zero-order valence-corrected chi connectivity index (χ0v) is 15.3. The van der Waals surface area contributed by atoms with Crippen molar-refractivity contribution < 1.29 is 14.3 Å². The van der Waals surface area contributed by atoms with E-state index in [0.717, 1.165) is 5.56 Å². The van der Waals surface area contributed by atoms with Crippen LogP contribution in [0, 0.1) is 11.3 Å². The summed E-state index contributed by atoms with van der Waals surface area (Å²) in [4.78, 5) is 26.3. The summed E-state index contributed by atoms with van der Waals surface area (Å²) in [7, 11) is 1.36. The van der Waals surface area contributed by atoms with Gasteiger partial charge in [-0.15, -0.1) is 0 Å². The molecule has 1 fully saturated rings. The number of nitrogens with zero attached hydrogens (tertiary/aromatic N) is 2. The van der Waals surface area contributed by atoms with Crippen LogP contribution in [-0.2, 0) is 15.1 Å². The van der Waals surface area contributed by atoms with Crippen LogP contribution in [0.3, 0.4) is 0 Å². The first-order valence-corrected chi connectivity index (χ1v) is 8.75. The molecule has 138 valence electrons. The molecule has 0 aromatic heterocycles. The molecule has 1 heterocycles. The van der Waals surface area contributed by atoms with Crippen molar-refractivity contribution in [3.05, 3.63) is 65.7 Å². The molecule has 0 aliphatic carbocycles. The summed E-state index contributed by atoms with van der Waals surface area (Å²) in [5, 5.41) is 12.1. The Morgan fingerprint density at radius 1 is 1.22 bits per heavy atom. The Labute approximate surface area is 158 Å². The van der Waals surface area contributed by atoms with Gasteiger partial charge in [-0.1, -0.05) is 30.3 Å². The monoisotopic (exact) mass is 363 g/mol. The minimum absolute atomic E-state index is 0.192. The minimum Gasteiger partial charge on any atom is -0.469 e. The Morgan fingerprint density at radius 3 is 2.48 bits per heavy atom. The first-order valence-electron chi connectivity index (χ1n) is 8.75. The number of hydrogen-bond donors (Lipinski definition) is 1. The van der Waals surface area contributed by atoms with Gasteiger partial charge in [0.1, 0.15) is 0 Å². The van der Waals surface area contributed by atoms with Crippen molar-refractivity contribution in [2.75, 3.05) is 12.0 Å². The molecule has 1 saturated heterocycles. The summed E-state index contributed by atoms with van der Waals surface area (Å²) in [5.74, 6) is -0.316. The highest BCUT2D eigenvalue weighted by molar-refractivity contribution is 5.96. The topological polar surface area (TPSA) is 82.4 Å². The molecule has 3 rings (SSSR count). The Morgan fingerprint density at radius 2 is 1.89 bits per heavy atom. The molecule has 2 aromatic rings. The highest BCUT2D eigenvalue weighted by atomic mass is 16.5. The number of methoxy groups -OCH3 is 1. The lowest BCUT2D eigenvalue weighted by Gasteiger charge is -2.35. The third-order valence-electron chi connectivity index (χ3n) is 5.16. The highest BCUT2D eigenvalue weighted by Crippen LogP contribution is 2.40. The molecule has 2 atom stereocenters. The van der Waals surface area contributed by atoms with E-state index in [1.165, 1.54) is 7.11 Å². The van der Waals surface area contributed by atoms with Crippen molar-refractivity contribution in [2.45, 2.75) is 31.3 Å². The second-order valence-corrected chi connectivity index (χ2v) is 6.55. The molecule has 0 bridgehead atoms. The van der Waals surface area contributed by atoms with Crippen LogP contribution >= 0.6 is 0 Å². The van der Waals surface area contributed by atoms with E-state index in [2.05, 4.69) is 11.4 Å². The summed E-state index contributed by atoms with van der Waals surface area (Å²) >= 11 is 0. The number of carbonyl (C=O) groups is 2. The quantitative estimate of drug-likeness (QED) is 0.826. The fourth-order valence-corrected chi connectivity index (χ4v) is 3.66. The molecule has 0 spiro atoms. The van der Waals surface area contributed by atoms with Crippen LogP contribution in [0.4, 0.5) is 10.5 Å². The highest BCUT2D eigenvalue weighted by Gasteiger charge is 2.50. The van der Waals surface area contributed by atoms with Crippen LogP contribution in [0.25, 0.3) is 0 Å². The van der Waals surface area contributed by atoms with E-state index < -0.39 is 5.54 Å². The van der Waals surface area contributed by atoms with Crippen LogP contribution in [0.5, 0.6) is 0 Å². The maximum Gasteiger partial charge on any atom is 0.322 e. The fourth-order valence-electron chi connectivity index (χ4n) is 3.66. The van der Waals surface area contributed by atoms with Crippen molar-refractivity contribution in [3.63, 3.8) is 0 Å². The first-order chi connectivity index (χ1) is 13.0. The van der Waals surface area contributed by atoms with Gasteiger partial charge in [-0.25, -0.2) is 4.79 Å². The predicted molar refractivity (Wildman–Crippen MR) is 101 cm³/mol. The number of ether oxygens (including phenoxy) is 1. The molecular weight excluding hydrogens is 342 g/mol. The Kier molecular flexibility index (Phi) is 5.13. The predicted octanol–water partition coefficient (Wildman–Crippen LogP) is 3.33. The summed E-state index contributed by atoms with van der Waals surface area (Å²) < 4.78 is 4.79. The smallest absolute Gasteiger partial charge is 0.322 e. The van der Waals surface area contributed by atoms with E-state index in [1.807, 2.05) is 37.3 Å². The van der Waals surface area contributed by atoms with Gasteiger partial charge in [-0.05, 0) is 43.2 Å². The summed E-state index contributed by atoms with van der Waals surface area (Å²) in [6, 6.07) is 18.1. The van der Waals surface area contributed by atoms with Crippen LogP contribution in [0.15, 0.2) is 54.6 Å². The number of urea groups is 1.